The largest absolute Gasteiger partial charge is 0.376 e. The second kappa shape index (κ2) is 9.60. The number of hydrogen-bond donors (Lipinski definition) is 1. The van der Waals surface area contributed by atoms with Crippen LogP contribution in [0.3, 0.4) is 0 Å². The Kier molecular flexibility index (Phi) is 9.24. The minimum atomic E-state index is 0.0111. The van der Waals surface area contributed by atoms with E-state index in [-0.39, 0.29) is 5.91 Å². The Morgan fingerprint density at radius 3 is 2.44 bits per heavy atom. The van der Waals surface area contributed by atoms with E-state index in [1.807, 2.05) is 13.8 Å². The van der Waals surface area contributed by atoms with Crippen molar-refractivity contribution >= 4 is 5.91 Å². The number of carbonyl (C=O) groups is 1. The highest BCUT2D eigenvalue weighted by molar-refractivity contribution is 5.72. The molecule has 0 aliphatic carbocycles. The van der Waals surface area contributed by atoms with Crippen LogP contribution in [0, 0.1) is 0 Å². The molecule has 1 N–H and O–H groups in total. The average Bonchev–Trinajstić information content (AvgIpc) is 2.29. The van der Waals surface area contributed by atoms with Crippen LogP contribution in [0.15, 0.2) is 0 Å². The molecule has 4 nitrogen and oxygen atoms in total. The monoisotopic (exact) mass is 230 g/mol. The van der Waals surface area contributed by atoms with Gasteiger partial charge in [0.1, 0.15) is 0 Å². The zero-order valence-corrected chi connectivity index (χ0v) is 11.1. The summed E-state index contributed by atoms with van der Waals surface area (Å²) in [6, 6.07) is 0. The molecule has 1 aliphatic rings. The van der Waals surface area contributed by atoms with Crippen LogP contribution in [0.4, 0.5) is 0 Å². The number of amides is 1. The number of carbonyl (C=O) groups excluding carboxylic acids is 1. The maximum absolute atomic E-state index is 10.6. The van der Waals surface area contributed by atoms with Gasteiger partial charge in [-0.15, -0.1) is 0 Å². The van der Waals surface area contributed by atoms with E-state index in [4.69, 9.17) is 4.74 Å². The smallest absolute Gasteiger partial charge is 0.216 e. The molecule has 0 aromatic heterocycles. The molecule has 0 aromatic rings. The Labute approximate surface area is 99.3 Å². The van der Waals surface area contributed by atoms with Crippen LogP contribution in [-0.2, 0) is 9.53 Å². The van der Waals surface area contributed by atoms with E-state index >= 15 is 0 Å². The van der Waals surface area contributed by atoms with Gasteiger partial charge < -0.3 is 15.0 Å². The number of ether oxygens (including phenoxy) is 1. The van der Waals surface area contributed by atoms with Gasteiger partial charge in [0.05, 0.1) is 12.7 Å². The number of nitrogens with zero attached hydrogens (tertiary/aromatic N) is 1. The molecule has 96 valence electrons. The standard InChI is InChI=1S/C10H20N2O2.C2H6/c1-9(13)11-5-8-14-10-3-6-12(2)7-4-10;1-2/h10H,3-8H2,1-2H3,(H,11,13);1-2H3. The lowest BCUT2D eigenvalue weighted by Gasteiger charge is -2.28. The van der Waals surface area contributed by atoms with E-state index in [0.717, 1.165) is 25.9 Å². The molecule has 0 unspecified atom stereocenters. The molecule has 1 fully saturated rings. The van der Waals surface area contributed by atoms with Crippen molar-refractivity contribution in [3.63, 3.8) is 0 Å². The highest BCUT2D eigenvalue weighted by Crippen LogP contribution is 2.11. The van der Waals surface area contributed by atoms with Crippen molar-refractivity contribution in [2.24, 2.45) is 0 Å². The molecule has 0 atom stereocenters. The third kappa shape index (κ3) is 7.65. The molecule has 4 heteroatoms. The first-order valence-corrected chi connectivity index (χ1v) is 6.23. The molecule has 0 radical (unpaired) electrons. The van der Waals surface area contributed by atoms with Gasteiger partial charge in [-0.3, -0.25) is 4.79 Å². The second-order valence-electron chi connectivity index (χ2n) is 3.86. The summed E-state index contributed by atoms with van der Waals surface area (Å²) in [5.74, 6) is 0.0111. The van der Waals surface area contributed by atoms with Crippen LogP contribution in [0.5, 0.6) is 0 Å². The van der Waals surface area contributed by atoms with Gasteiger partial charge in [-0.2, -0.15) is 0 Å². The highest BCUT2D eigenvalue weighted by Gasteiger charge is 2.16. The fraction of sp³-hybridized carbons (Fsp3) is 0.917. The van der Waals surface area contributed by atoms with Crippen LogP contribution < -0.4 is 5.32 Å². The maximum atomic E-state index is 10.6. The molecule has 0 bridgehead atoms. The van der Waals surface area contributed by atoms with Gasteiger partial charge in [-0.05, 0) is 19.9 Å². The van der Waals surface area contributed by atoms with E-state index in [2.05, 4.69) is 17.3 Å². The molecular formula is C12H26N2O2. The molecule has 16 heavy (non-hydrogen) atoms. The number of likely N-dealkylation sites (tertiary alicyclic amines) is 1. The fourth-order valence-electron chi connectivity index (χ4n) is 1.60. The van der Waals surface area contributed by atoms with Crippen molar-refractivity contribution in [3.8, 4) is 0 Å². The fourth-order valence-corrected chi connectivity index (χ4v) is 1.60. The Balaban J connectivity index is 0.00000106. The molecule has 0 spiro atoms. The van der Waals surface area contributed by atoms with Crippen molar-refractivity contribution in [3.05, 3.63) is 0 Å². The van der Waals surface area contributed by atoms with Crippen molar-refractivity contribution < 1.29 is 9.53 Å². The van der Waals surface area contributed by atoms with Crippen molar-refractivity contribution in [2.45, 2.75) is 39.7 Å². The molecule has 1 amide bonds. The summed E-state index contributed by atoms with van der Waals surface area (Å²) in [5.41, 5.74) is 0. The van der Waals surface area contributed by atoms with Gasteiger partial charge in [-0.1, -0.05) is 13.8 Å². The minimum Gasteiger partial charge on any atom is -0.376 e. The lowest BCUT2D eigenvalue weighted by atomic mass is 10.1. The number of rotatable bonds is 4. The normalized spacial score (nSPS) is 17.5. The predicted octanol–water partition coefficient (Wildman–Crippen LogP) is 1.26. The lowest BCUT2D eigenvalue weighted by Crippen LogP contribution is -2.35. The van der Waals surface area contributed by atoms with Gasteiger partial charge in [0.25, 0.3) is 0 Å². The minimum absolute atomic E-state index is 0.0111. The Morgan fingerprint density at radius 2 is 1.94 bits per heavy atom. The number of hydrogen-bond acceptors (Lipinski definition) is 3. The molecular weight excluding hydrogens is 204 g/mol. The van der Waals surface area contributed by atoms with E-state index in [1.54, 1.807) is 0 Å². The third-order valence-electron chi connectivity index (χ3n) is 2.50. The molecule has 0 saturated carbocycles. The van der Waals surface area contributed by atoms with E-state index in [9.17, 15) is 4.79 Å². The van der Waals surface area contributed by atoms with E-state index < -0.39 is 0 Å². The summed E-state index contributed by atoms with van der Waals surface area (Å²) in [5, 5.41) is 2.72. The number of nitrogens with one attached hydrogen (secondary N) is 1. The Bertz CT molecular complexity index is 178. The highest BCUT2D eigenvalue weighted by atomic mass is 16.5. The summed E-state index contributed by atoms with van der Waals surface area (Å²) in [6.45, 7) is 9.01. The first kappa shape index (κ1) is 15.4. The zero-order valence-electron chi connectivity index (χ0n) is 11.1. The topological polar surface area (TPSA) is 41.6 Å². The van der Waals surface area contributed by atoms with Crippen LogP contribution in [0.25, 0.3) is 0 Å². The van der Waals surface area contributed by atoms with E-state index in [0.29, 0.717) is 19.3 Å². The van der Waals surface area contributed by atoms with Gasteiger partial charge in [-0.25, -0.2) is 0 Å². The lowest BCUT2D eigenvalue weighted by molar-refractivity contribution is -0.119. The van der Waals surface area contributed by atoms with Gasteiger partial charge in [0.2, 0.25) is 5.91 Å². The molecule has 1 heterocycles. The zero-order chi connectivity index (χ0) is 12.4. The Hall–Kier alpha value is -0.610. The summed E-state index contributed by atoms with van der Waals surface area (Å²) >= 11 is 0. The van der Waals surface area contributed by atoms with Crippen LogP contribution in [0.2, 0.25) is 0 Å². The summed E-state index contributed by atoms with van der Waals surface area (Å²) < 4.78 is 5.64. The molecule has 1 aliphatic heterocycles. The van der Waals surface area contributed by atoms with Crippen LogP contribution >= 0.6 is 0 Å². The average molecular weight is 230 g/mol. The van der Waals surface area contributed by atoms with Crippen molar-refractivity contribution in [1.29, 1.82) is 0 Å². The van der Waals surface area contributed by atoms with Crippen LogP contribution in [0.1, 0.15) is 33.6 Å². The summed E-state index contributed by atoms with van der Waals surface area (Å²) in [4.78, 5) is 12.9. The first-order chi connectivity index (χ1) is 7.68. The SMILES string of the molecule is CC.CC(=O)NCCOC1CCN(C)CC1. The van der Waals surface area contributed by atoms with Crippen molar-refractivity contribution in [1.82, 2.24) is 10.2 Å². The van der Waals surface area contributed by atoms with Gasteiger partial charge >= 0.3 is 0 Å². The van der Waals surface area contributed by atoms with Gasteiger partial charge in [0, 0.05) is 26.6 Å². The molecule has 0 aromatic carbocycles. The molecule has 1 rings (SSSR count). The summed E-state index contributed by atoms with van der Waals surface area (Å²) in [7, 11) is 2.13. The first-order valence-electron chi connectivity index (χ1n) is 6.23. The quantitative estimate of drug-likeness (QED) is 0.739. The molecule has 1 saturated heterocycles. The maximum Gasteiger partial charge on any atom is 0.216 e. The second-order valence-corrected chi connectivity index (χ2v) is 3.86. The van der Waals surface area contributed by atoms with E-state index in [1.165, 1.54) is 6.92 Å². The van der Waals surface area contributed by atoms with Gasteiger partial charge in [0.15, 0.2) is 0 Å². The number of piperidine rings is 1. The van der Waals surface area contributed by atoms with Crippen molar-refractivity contribution in [2.75, 3.05) is 33.3 Å². The Morgan fingerprint density at radius 1 is 1.38 bits per heavy atom. The third-order valence-corrected chi connectivity index (χ3v) is 2.50. The predicted molar refractivity (Wildman–Crippen MR) is 66.5 cm³/mol. The van der Waals surface area contributed by atoms with Crippen LogP contribution in [-0.4, -0.2) is 50.2 Å². The summed E-state index contributed by atoms with van der Waals surface area (Å²) in [6.07, 6.45) is 2.60.